The Morgan fingerprint density at radius 3 is 2.79 bits per heavy atom. The second-order valence-electron chi connectivity index (χ2n) is 4.91. The number of benzene rings is 1. The zero-order valence-corrected chi connectivity index (χ0v) is 14.9. The van der Waals surface area contributed by atoms with E-state index in [-0.39, 0.29) is 25.5 Å². The lowest BCUT2D eigenvalue weighted by molar-refractivity contribution is -0.145. The van der Waals surface area contributed by atoms with Crippen molar-refractivity contribution in [2.24, 2.45) is 0 Å². The number of rotatable bonds is 6. The predicted octanol–water partition coefficient (Wildman–Crippen LogP) is 3.46. The van der Waals surface area contributed by atoms with Gasteiger partial charge >= 0.3 is 11.7 Å². The second-order valence-corrected chi connectivity index (χ2v) is 6.77. The number of esters is 1. The van der Waals surface area contributed by atoms with Crippen molar-refractivity contribution in [3.8, 4) is 10.8 Å². The van der Waals surface area contributed by atoms with Crippen LogP contribution < -0.4 is 5.76 Å². The van der Waals surface area contributed by atoms with E-state index >= 15 is 0 Å². The van der Waals surface area contributed by atoms with Gasteiger partial charge in [-0.15, -0.1) is 16.4 Å². The van der Waals surface area contributed by atoms with Gasteiger partial charge in [0.25, 0.3) is 5.89 Å². The first-order valence-corrected chi connectivity index (χ1v) is 8.81. The molecule has 0 fully saturated rings. The van der Waals surface area contributed by atoms with Gasteiger partial charge in [0.05, 0.1) is 17.8 Å². The molecule has 24 heavy (non-hydrogen) atoms. The lowest BCUT2D eigenvalue weighted by Crippen LogP contribution is -2.18. The summed E-state index contributed by atoms with van der Waals surface area (Å²) >= 11 is 4.77. The highest BCUT2D eigenvalue weighted by Crippen LogP contribution is 2.21. The molecule has 8 heteroatoms. The van der Waals surface area contributed by atoms with Gasteiger partial charge in [-0.25, -0.2) is 4.79 Å². The van der Waals surface area contributed by atoms with E-state index in [1.807, 2.05) is 41.8 Å². The van der Waals surface area contributed by atoms with Gasteiger partial charge in [-0.1, -0.05) is 34.1 Å². The molecule has 0 aliphatic carbocycles. The van der Waals surface area contributed by atoms with Crippen LogP contribution in [-0.2, 0) is 22.7 Å². The maximum Gasteiger partial charge on any atom is 0.437 e. The number of carbonyl (C=O) groups is 1. The Balaban J connectivity index is 1.53. The number of aryl methyl sites for hydroxylation is 1. The summed E-state index contributed by atoms with van der Waals surface area (Å²) in [6.07, 6.45) is 0.0485. The van der Waals surface area contributed by atoms with Crippen molar-refractivity contribution >= 4 is 33.2 Å². The second kappa shape index (κ2) is 7.59. The van der Waals surface area contributed by atoms with E-state index < -0.39 is 11.7 Å². The maximum atomic E-state index is 11.8. The summed E-state index contributed by atoms with van der Waals surface area (Å²) in [4.78, 5) is 24.3. The third-order valence-corrected chi connectivity index (χ3v) is 4.57. The van der Waals surface area contributed by atoms with E-state index in [1.54, 1.807) is 0 Å². The molecule has 0 atom stereocenters. The minimum absolute atomic E-state index is 0.0485. The number of thiophene rings is 1. The minimum Gasteiger partial charge on any atom is -0.461 e. The van der Waals surface area contributed by atoms with E-state index in [0.29, 0.717) is 0 Å². The van der Waals surface area contributed by atoms with Crippen LogP contribution in [0.3, 0.4) is 0 Å². The monoisotopic (exact) mass is 408 g/mol. The summed E-state index contributed by atoms with van der Waals surface area (Å²) in [5.74, 6) is -0.720. The molecule has 0 bridgehead atoms. The van der Waals surface area contributed by atoms with Gasteiger partial charge < -0.3 is 9.15 Å². The zero-order valence-electron chi connectivity index (χ0n) is 12.5. The Hall–Kier alpha value is -2.19. The van der Waals surface area contributed by atoms with Gasteiger partial charge in [0, 0.05) is 4.47 Å². The van der Waals surface area contributed by atoms with Crippen molar-refractivity contribution in [3.63, 3.8) is 0 Å². The summed E-state index contributed by atoms with van der Waals surface area (Å²) < 4.78 is 12.4. The summed E-state index contributed by atoms with van der Waals surface area (Å²) in [7, 11) is 0. The lowest BCUT2D eigenvalue weighted by atomic mass is 10.2. The van der Waals surface area contributed by atoms with Crippen molar-refractivity contribution in [2.75, 3.05) is 0 Å². The van der Waals surface area contributed by atoms with Crippen LogP contribution in [0.4, 0.5) is 0 Å². The topological polar surface area (TPSA) is 74.3 Å². The molecule has 0 saturated heterocycles. The largest absolute Gasteiger partial charge is 0.461 e. The van der Waals surface area contributed by atoms with Gasteiger partial charge in [0.1, 0.15) is 6.61 Å². The van der Waals surface area contributed by atoms with Crippen LogP contribution in [-0.4, -0.2) is 15.7 Å². The van der Waals surface area contributed by atoms with Crippen molar-refractivity contribution in [1.82, 2.24) is 9.78 Å². The molecular weight excluding hydrogens is 396 g/mol. The standard InChI is InChI=1S/C16H13BrN2O4S/c17-12-5-3-11(4-6-12)10-22-14(20)7-8-19-16(21)23-15(18-19)13-2-1-9-24-13/h1-6,9H,7-8,10H2. The lowest BCUT2D eigenvalue weighted by Gasteiger charge is -2.04. The molecule has 2 aromatic heterocycles. The fourth-order valence-corrected chi connectivity index (χ4v) is 2.87. The number of carbonyl (C=O) groups excluding carboxylic acids is 1. The third kappa shape index (κ3) is 4.21. The number of halogens is 1. The van der Waals surface area contributed by atoms with Gasteiger partial charge in [-0.3, -0.25) is 4.79 Å². The van der Waals surface area contributed by atoms with Crippen LogP contribution in [0.15, 0.2) is 55.5 Å². The molecule has 124 valence electrons. The molecule has 0 spiro atoms. The molecule has 0 radical (unpaired) electrons. The number of nitrogens with zero attached hydrogens (tertiary/aromatic N) is 2. The fourth-order valence-electron chi connectivity index (χ4n) is 1.96. The molecule has 0 aliphatic rings. The van der Waals surface area contributed by atoms with Crippen LogP contribution in [0.25, 0.3) is 10.8 Å². The van der Waals surface area contributed by atoms with Crippen LogP contribution in [0, 0.1) is 0 Å². The molecule has 3 aromatic rings. The van der Waals surface area contributed by atoms with E-state index in [9.17, 15) is 9.59 Å². The fraction of sp³-hybridized carbons (Fsp3) is 0.188. The van der Waals surface area contributed by atoms with E-state index in [0.717, 1.165) is 19.6 Å². The normalized spacial score (nSPS) is 10.7. The molecule has 2 heterocycles. The van der Waals surface area contributed by atoms with E-state index in [1.165, 1.54) is 11.3 Å². The third-order valence-electron chi connectivity index (χ3n) is 3.18. The van der Waals surface area contributed by atoms with Crippen LogP contribution in [0.5, 0.6) is 0 Å². The van der Waals surface area contributed by atoms with Crippen molar-refractivity contribution in [3.05, 3.63) is 62.4 Å². The molecule has 0 saturated carbocycles. The Labute approximate surface area is 149 Å². The Morgan fingerprint density at radius 2 is 2.08 bits per heavy atom. The molecule has 0 aliphatic heterocycles. The van der Waals surface area contributed by atoms with Crippen molar-refractivity contribution < 1.29 is 13.9 Å². The minimum atomic E-state index is -0.584. The molecule has 0 amide bonds. The summed E-state index contributed by atoms with van der Waals surface area (Å²) in [5, 5.41) is 5.96. The average Bonchev–Trinajstić information content (AvgIpc) is 3.22. The molecular formula is C16H13BrN2O4S. The molecule has 0 N–H and O–H groups in total. The first-order valence-electron chi connectivity index (χ1n) is 7.14. The van der Waals surface area contributed by atoms with Crippen molar-refractivity contribution in [2.45, 2.75) is 19.6 Å². The Bertz CT molecular complexity index is 868. The highest BCUT2D eigenvalue weighted by atomic mass is 79.9. The maximum absolute atomic E-state index is 11.8. The van der Waals surface area contributed by atoms with E-state index in [4.69, 9.17) is 9.15 Å². The molecule has 3 rings (SSSR count). The molecule has 1 aromatic carbocycles. The number of hydrogen-bond donors (Lipinski definition) is 0. The predicted molar refractivity (Wildman–Crippen MR) is 92.6 cm³/mol. The Morgan fingerprint density at radius 1 is 1.29 bits per heavy atom. The molecule has 0 unspecified atom stereocenters. The van der Waals surface area contributed by atoms with Gasteiger partial charge in [-0.2, -0.15) is 4.68 Å². The number of ether oxygens (including phenoxy) is 1. The van der Waals surface area contributed by atoms with Gasteiger partial charge in [0.15, 0.2) is 0 Å². The number of hydrogen-bond acceptors (Lipinski definition) is 6. The highest BCUT2D eigenvalue weighted by Gasteiger charge is 2.12. The van der Waals surface area contributed by atoms with Crippen LogP contribution in [0.2, 0.25) is 0 Å². The summed E-state index contributed by atoms with van der Waals surface area (Å²) in [6.45, 7) is 0.313. The van der Waals surface area contributed by atoms with Crippen molar-refractivity contribution in [1.29, 1.82) is 0 Å². The highest BCUT2D eigenvalue weighted by molar-refractivity contribution is 9.10. The number of aromatic nitrogens is 2. The van der Waals surface area contributed by atoms with Crippen LogP contribution in [0.1, 0.15) is 12.0 Å². The zero-order chi connectivity index (χ0) is 16.9. The van der Waals surface area contributed by atoms with E-state index in [2.05, 4.69) is 21.0 Å². The van der Waals surface area contributed by atoms with Gasteiger partial charge in [0.2, 0.25) is 0 Å². The SMILES string of the molecule is O=C(CCn1nc(-c2cccs2)oc1=O)OCc1ccc(Br)cc1. The van der Waals surface area contributed by atoms with Gasteiger partial charge in [-0.05, 0) is 29.1 Å². The smallest absolute Gasteiger partial charge is 0.437 e. The van der Waals surface area contributed by atoms with Crippen LogP contribution >= 0.6 is 27.3 Å². The first kappa shape index (κ1) is 16.7. The Kier molecular flexibility index (Phi) is 5.27. The molecule has 6 nitrogen and oxygen atoms in total. The average molecular weight is 409 g/mol. The summed E-state index contributed by atoms with van der Waals surface area (Å²) in [6, 6.07) is 11.2. The first-order chi connectivity index (χ1) is 11.6. The summed E-state index contributed by atoms with van der Waals surface area (Å²) in [5.41, 5.74) is 0.894. The quantitative estimate of drug-likeness (QED) is 0.583.